The number of nitrogens with two attached hydrogens (primary N) is 1. The summed E-state index contributed by atoms with van der Waals surface area (Å²) in [5.74, 6) is 0.428. The van der Waals surface area contributed by atoms with E-state index in [-0.39, 0.29) is 11.5 Å². The summed E-state index contributed by atoms with van der Waals surface area (Å²) < 4.78 is 14.6. The van der Waals surface area contributed by atoms with Crippen LogP contribution in [0.4, 0.5) is 5.82 Å². The number of nitrogens with zero attached hydrogens (tertiary/aromatic N) is 3. The van der Waals surface area contributed by atoms with Gasteiger partial charge in [0.1, 0.15) is 0 Å². The largest absolute Gasteiger partial charge is 0.493 e. The summed E-state index contributed by atoms with van der Waals surface area (Å²) in [5.41, 5.74) is 8.22. The molecular weight excluding hydrogens is 278 g/mol. The number of hydrazone groups is 1. The van der Waals surface area contributed by atoms with Crippen LogP contribution in [0.15, 0.2) is 27.9 Å². The third kappa shape index (κ3) is 3.26. The number of amides is 1. The third-order valence-electron chi connectivity index (χ3n) is 2.52. The van der Waals surface area contributed by atoms with Crippen molar-refractivity contribution in [3.63, 3.8) is 0 Å². The number of ether oxygens (including phenoxy) is 2. The van der Waals surface area contributed by atoms with E-state index in [0.29, 0.717) is 17.1 Å². The molecule has 2 aromatic rings. The normalized spacial score (nSPS) is 10.6. The second-order valence-corrected chi connectivity index (χ2v) is 3.81. The molecule has 0 saturated heterocycles. The minimum absolute atomic E-state index is 0.103. The van der Waals surface area contributed by atoms with Crippen molar-refractivity contribution in [2.75, 3.05) is 20.0 Å². The minimum atomic E-state index is -0.620. The zero-order valence-electron chi connectivity index (χ0n) is 11.4. The lowest BCUT2D eigenvalue weighted by molar-refractivity contribution is 0.0946. The lowest BCUT2D eigenvalue weighted by atomic mass is 10.2. The Bertz CT molecular complexity index is 667. The molecule has 110 valence electrons. The Morgan fingerprint density at radius 2 is 2.10 bits per heavy atom. The van der Waals surface area contributed by atoms with Gasteiger partial charge in [-0.2, -0.15) is 5.10 Å². The van der Waals surface area contributed by atoms with Crippen molar-refractivity contribution in [1.29, 1.82) is 0 Å². The number of anilines is 1. The first-order chi connectivity index (χ1) is 10.2. The van der Waals surface area contributed by atoms with Gasteiger partial charge in [0.15, 0.2) is 11.5 Å². The molecule has 3 N–H and O–H groups in total. The van der Waals surface area contributed by atoms with Crippen molar-refractivity contribution in [1.82, 2.24) is 15.7 Å². The first kappa shape index (κ1) is 14.3. The number of benzene rings is 1. The van der Waals surface area contributed by atoms with Gasteiger partial charge in [-0.1, -0.05) is 0 Å². The van der Waals surface area contributed by atoms with E-state index < -0.39 is 5.91 Å². The van der Waals surface area contributed by atoms with E-state index in [2.05, 4.69) is 25.5 Å². The van der Waals surface area contributed by atoms with E-state index in [0.717, 1.165) is 0 Å². The molecule has 1 amide bonds. The van der Waals surface area contributed by atoms with Crippen molar-refractivity contribution in [2.45, 2.75) is 0 Å². The minimum Gasteiger partial charge on any atom is -0.493 e. The van der Waals surface area contributed by atoms with Crippen LogP contribution in [0, 0.1) is 0 Å². The lowest BCUT2D eigenvalue weighted by Crippen LogP contribution is -2.19. The molecule has 1 aromatic heterocycles. The van der Waals surface area contributed by atoms with Crippen LogP contribution in [0.5, 0.6) is 11.5 Å². The van der Waals surface area contributed by atoms with Gasteiger partial charge in [0, 0.05) is 0 Å². The maximum Gasteiger partial charge on any atom is 0.297 e. The van der Waals surface area contributed by atoms with Crippen LogP contribution in [0.3, 0.4) is 0 Å². The molecule has 0 atom stereocenters. The predicted octanol–water partition coefficient (Wildman–Crippen LogP) is 0.433. The first-order valence-electron chi connectivity index (χ1n) is 5.79. The highest BCUT2D eigenvalue weighted by atomic mass is 16.6. The summed E-state index contributed by atoms with van der Waals surface area (Å²) in [6, 6.07) is 5.19. The number of aromatic nitrogens is 2. The van der Waals surface area contributed by atoms with Crippen LogP contribution in [0.1, 0.15) is 16.1 Å². The van der Waals surface area contributed by atoms with Crippen LogP contribution < -0.4 is 20.6 Å². The third-order valence-corrected chi connectivity index (χ3v) is 2.52. The van der Waals surface area contributed by atoms with Crippen LogP contribution in [0.25, 0.3) is 0 Å². The molecule has 0 radical (unpaired) electrons. The highest BCUT2D eigenvalue weighted by molar-refractivity contribution is 5.96. The van der Waals surface area contributed by atoms with Gasteiger partial charge in [0.2, 0.25) is 11.5 Å². The van der Waals surface area contributed by atoms with Gasteiger partial charge in [0.05, 0.1) is 20.4 Å². The summed E-state index contributed by atoms with van der Waals surface area (Å²) in [6.45, 7) is 0. The molecule has 2 rings (SSSR count). The molecule has 0 spiro atoms. The van der Waals surface area contributed by atoms with Crippen LogP contribution >= 0.6 is 0 Å². The van der Waals surface area contributed by atoms with Gasteiger partial charge >= 0.3 is 0 Å². The number of rotatable bonds is 5. The van der Waals surface area contributed by atoms with Gasteiger partial charge in [-0.05, 0) is 34.1 Å². The topological polar surface area (TPSA) is 125 Å². The first-order valence-corrected chi connectivity index (χ1v) is 5.79. The number of hydrogen-bond acceptors (Lipinski definition) is 8. The van der Waals surface area contributed by atoms with E-state index in [1.165, 1.54) is 13.3 Å². The average Bonchev–Trinajstić information content (AvgIpc) is 2.93. The summed E-state index contributed by atoms with van der Waals surface area (Å²) in [5, 5.41) is 10.4. The number of carbonyl (C=O) groups excluding carboxylic acids is 1. The molecule has 0 fully saturated rings. The summed E-state index contributed by atoms with van der Waals surface area (Å²) in [6.07, 6.45) is 1.43. The van der Waals surface area contributed by atoms with E-state index >= 15 is 0 Å². The van der Waals surface area contributed by atoms with E-state index in [9.17, 15) is 4.79 Å². The summed E-state index contributed by atoms with van der Waals surface area (Å²) in [4.78, 5) is 11.6. The van der Waals surface area contributed by atoms with Gasteiger partial charge in [0.25, 0.3) is 5.91 Å². The molecule has 1 heterocycles. The van der Waals surface area contributed by atoms with E-state index in [1.54, 1.807) is 25.3 Å². The molecule has 1 aromatic carbocycles. The molecule has 0 unspecified atom stereocenters. The van der Waals surface area contributed by atoms with Crippen molar-refractivity contribution in [3.05, 3.63) is 29.5 Å². The van der Waals surface area contributed by atoms with E-state index in [1.807, 2.05) is 0 Å². The molecule has 21 heavy (non-hydrogen) atoms. The Labute approximate surface area is 119 Å². The molecule has 9 heteroatoms. The highest BCUT2D eigenvalue weighted by Crippen LogP contribution is 2.26. The lowest BCUT2D eigenvalue weighted by Gasteiger charge is -2.07. The monoisotopic (exact) mass is 291 g/mol. The summed E-state index contributed by atoms with van der Waals surface area (Å²) >= 11 is 0. The van der Waals surface area contributed by atoms with Crippen molar-refractivity contribution in [2.24, 2.45) is 5.10 Å². The molecule has 0 aliphatic rings. The number of hydrogen-bond donors (Lipinski definition) is 2. The smallest absolute Gasteiger partial charge is 0.297 e. The Morgan fingerprint density at radius 3 is 2.71 bits per heavy atom. The number of nitrogens with one attached hydrogen (secondary N) is 1. The number of methoxy groups -OCH3 is 2. The standard InChI is InChI=1S/C12H13N5O4/c1-19-8-4-3-7(5-9(8)20-2)6-14-15-12(18)10-11(13)17-21-16-10/h3-6H,1-2H3,(H2,13,17)(H,15,18)/b14-6+. The van der Waals surface area contributed by atoms with Gasteiger partial charge in [-0.15, -0.1) is 0 Å². The quantitative estimate of drug-likeness (QED) is 0.604. The van der Waals surface area contributed by atoms with E-state index in [4.69, 9.17) is 15.2 Å². The molecule has 0 saturated carbocycles. The maximum atomic E-state index is 11.6. The van der Waals surface area contributed by atoms with Gasteiger partial charge in [-0.25, -0.2) is 10.1 Å². The molecule has 0 aliphatic carbocycles. The van der Waals surface area contributed by atoms with Crippen molar-refractivity contribution >= 4 is 17.9 Å². The summed E-state index contributed by atoms with van der Waals surface area (Å²) in [7, 11) is 3.07. The number of nitrogen functional groups attached to an aromatic ring is 1. The molecule has 0 bridgehead atoms. The average molecular weight is 291 g/mol. The van der Waals surface area contributed by atoms with Crippen LogP contribution in [-0.4, -0.2) is 36.7 Å². The van der Waals surface area contributed by atoms with Gasteiger partial charge < -0.3 is 15.2 Å². The second-order valence-electron chi connectivity index (χ2n) is 3.81. The highest BCUT2D eigenvalue weighted by Gasteiger charge is 2.14. The fourth-order valence-corrected chi connectivity index (χ4v) is 1.50. The Balaban J connectivity index is 2.05. The Kier molecular flexibility index (Phi) is 4.34. The predicted molar refractivity (Wildman–Crippen MR) is 73.3 cm³/mol. The molecule has 9 nitrogen and oxygen atoms in total. The fourth-order valence-electron chi connectivity index (χ4n) is 1.50. The SMILES string of the molecule is COc1ccc(/C=N/NC(=O)c2nonc2N)cc1OC. The molecule has 0 aliphatic heterocycles. The molecular formula is C12H13N5O4. The maximum absolute atomic E-state index is 11.6. The van der Waals surface area contributed by atoms with Crippen molar-refractivity contribution in [3.8, 4) is 11.5 Å². The zero-order valence-corrected chi connectivity index (χ0v) is 11.4. The fraction of sp³-hybridized carbons (Fsp3) is 0.167. The van der Waals surface area contributed by atoms with Crippen molar-refractivity contribution < 1.29 is 18.9 Å². The zero-order chi connectivity index (χ0) is 15.2. The Morgan fingerprint density at radius 1 is 1.33 bits per heavy atom. The van der Waals surface area contributed by atoms with Crippen LogP contribution in [0.2, 0.25) is 0 Å². The Hall–Kier alpha value is -3.10. The van der Waals surface area contributed by atoms with Gasteiger partial charge in [-0.3, -0.25) is 4.79 Å². The van der Waals surface area contributed by atoms with Crippen LogP contribution in [-0.2, 0) is 0 Å². The second kappa shape index (κ2) is 6.37. The number of carbonyl (C=O) groups is 1.